The molecular weight excluding hydrogens is 268 g/mol. The van der Waals surface area contributed by atoms with Crippen molar-refractivity contribution in [3.63, 3.8) is 0 Å². The molecule has 0 saturated heterocycles. The van der Waals surface area contributed by atoms with Gasteiger partial charge in [0.1, 0.15) is 11.2 Å². The predicted octanol–water partition coefficient (Wildman–Crippen LogP) is -0.555. The van der Waals surface area contributed by atoms with Gasteiger partial charge in [0.15, 0.2) is 0 Å². The Morgan fingerprint density at radius 1 is 1.47 bits per heavy atom. The van der Waals surface area contributed by atoms with E-state index in [4.69, 9.17) is 5.73 Å². The molecule has 0 aliphatic rings. The van der Waals surface area contributed by atoms with Gasteiger partial charge in [0.25, 0.3) is 0 Å². The number of nitrogens with one attached hydrogen (secondary N) is 2. The number of H-pyrrole nitrogens is 1. The monoisotopic (exact) mass is 282 g/mol. The Morgan fingerprint density at radius 2 is 2.26 bits per heavy atom. The molecule has 9 heteroatoms. The standard InChI is InChI=1S/C10H14N6O2S/c1-7-10(9(4-11)16-15-7)19(17,18)14-5-8-2-3-12-6-13-8/h2-3,6,14H,4-5,11H2,1H3,(H,15,16). The molecule has 4 N–H and O–H groups in total. The van der Waals surface area contributed by atoms with E-state index in [-0.39, 0.29) is 18.0 Å². The van der Waals surface area contributed by atoms with E-state index < -0.39 is 10.0 Å². The maximum atomic E-state index is 12.2. The van der Waals surface area contributed by atoms with Crippen LogP contribution in [0.25, 0.3) is 0 Å². The van der Waals surface area contributed by atoms with E-state index in [2.05, 4.69) is 24.9 Å². The molecule has 0 saturated carbocycles. The number of nitrogens with zero attached hydrogens (tertiary/aromatic N) is 3. The molecule has 0 aliphatic heterocycles. The van der Waals surface area contributed by atoms with Crippen LogP contribution in [0.15, 0.2) is 23.5 Å². The molecule has 2 rings (SSSR count). The van der Waals surface area contributed by atoms with E-state index in [0.29, 0.717) is 17.1 Å². The minimum absolute atomic E-state index is 0.0497. The van der Waals surface area contributed by atoms with Gasteiger partial charge in [-0.15, -0.1) is 0 Å². The lowest BCUT2D eigenvalue weighted by Gasteiger charge is -2.06. The number of hydrogen-bond donors (Lipinski definition) is 3. The van der Waals surface area contributed by atoms with Gasteiger partial charge in [0, 0.05) is 12.7 Å². The van der Waals surface area contributed by atoms with E-state index in [0.717, 1.165) is 0 Å². The van der Waals surface area contributed by atoms with E-state index in [9.17, 15) is 8.42 Å². The molecule has 2 heterocycles. The maximum absolute atomic E-state index is 12.2. The van der Waals surface area contributed by atoms with Crippen LogP contribution >= 0.6 is 0 Å². The topological polar surface area (TPSA) is 127 Å². The van der Waals surface area contributed by atoms with E-state index >= 15 is 0 Å². The fourth-order valence-corrected chi connectivity index (χ4v) is 3.00. The van der Waals surface area contributed by atoms with Crippen molar-refractivity contribution >= 4 is 10.0 Å². The van der Waals surface area contributed by atoms with Gasteiger partial charge in [-0.1, -0.05) is 0 Å². The summed E-state index contributed by atoms with van der Waals surface area (Å²) >= 11 is 0. The lowest BCUT2D eigenvalue weighted by Crippen LogP contribution is -2.25. The second kappa shape index (κ2) is 5.43. The number of nitrogens with two attached hydrogens (primary N) is 1. The van der Waals surface area contributed by atoms with Crippen LogP contribution in [0, 0.1) is 6.92 Å². The van der Waals surface area contributed by atoms with Crippen molar-refractivity contribution in [2.75, 3.05) is 0 Å². The molecule has 0 radical (unpaired) electrons. The molecule has 0 aliphatic carbocycles. The van der Waals surface area contributed by atoms with Crippen molar-refractivity contribution in [1.29, 1.82) is 0 Å². The molecule has 0 bridgehead atoms. The summed E-state index contributed by atoms with van der Waals surface area (Å²) in [4.78, 5) is 7.80. The highest BCUT2D eigenvalue weighted by Gasteiger charge is 2.23. The number of aryl methyl sites for hydroxylation is 1. The number of hydrogen-bond acceptors (Lipinski definition) is 6. The number of sulfonamides is 1. The quantitative estimate of drug-likeness (QED) is 0.675. The van der Waals surface area contributed by atoms with Crippen LogP contribution in [-0.4, -0.2) is 28.6 Å². The zero-order chi connectivity index (χ0) is 13.9. The summed E-state index contributed by atoms with van der Waals surface area (Å²) in [5.41, 5.74) is 6.82. The smallest absolute Gasteiger partial charge is 0.244 e. The summed E-state index contributed by atoms with van der Waals surface area (Å²) in [6, 6.07) is 1.63. The second-order valence-electron chi connectivity index (χ2n) is 3.85. The highest BCUT2D eigenvalue weighted by Crippen LogP contribution is 2.17. The van der Waals surface area contributed by atoms with Crippen molar-refractivity contribution in [3.8, 4) is 0 Å². The van der Waals surface area contributed by atoms with E-state index in [1.54, 1.807) is 19.2 Å². The van der Waals surface area contributed by atoms with Crippen molar-refractivity contribution < 1.29 is 8.42 Å². The van der Waals surface area contributed by atoms with Gasteiger partial charge in [-0.05, 0) is 13.0 Å². The van der Waals surface area contributed by atoms with Crippen molar-refractivity contribution in [2.45, 2.75) is 24.9 Å². The first-order valence-electron chi connectivity index (χ1n) is 5.53. The molecule has 0 unspecified atom stereocenters. The third-order valence-corrected chi connectivity index (χ3v) is 4.11. The molecule has 2 aromatic heterocycles. The fourth-order valence-electron chi connectivity index (χ4n) is 1.63. The van der Waals surface area contributed by atoms with Gasteiger partial charge in [0.05, 0.1) is 23.6 Å². The molecule has 102 valence electrons. The highest BCUT2D eigenvalue weighted by molar-refractivity contribution is 7.89. The molecule has 0 atom stereocenters. The Morgan fingerprint density at radius 3 is 2.89 bits per heavy atom. The summed E-state index contributed by atoms with van der Waals surface area (Å²) in [5.74, 6) is 0. The van der Waals surface area contributed by atoms with Crippen LogP contribution in [0.2, 0.25) is 0 Å². The molecule has 8 nitrogen and oxygen atoms in total. The largest absolute Gasteiger partial charge is 0.325 e. The Hall–Kier alpha value is -1.84. The maximum Gasteiger partial charge on any atom is 0.244 e. The van der Waals surface area contributed by atoms with Crippen LogP contribution in [0.5, 0.6) is 0 Å². The minimum atomic E-state index is -3.67. The van der Waals surface area contributed by atoms with Gasteiger partial charge in [-0.25, -0.2) is 23.1 Å². The lowest BCUT2D eigenvalue weighted by atomic mass is 10.4. The Bertz CT molecular complexity index is 652. The first-order chi connectivity index (χ1) is 9.04. The predicted molar refractivity (Wildman–Crippen MR) is 67.3 cm³/mol. The molecule has 0 spiro atoms. The molecule has 2 aromatic rings. The van der Waals surface area contributed by atoms with Crippen LogP contribution < -0.4 is 10.5 Å². The highest BCUT2D eigenvalue weighted by atomic mass is 32.2. The summed E-state index contributed by atoms with van der Waals surface area (Å²) in [5, 5.41) is 6.48. The van der Waals surface area contributed by atoms with Crippen LogP contribution in [0.3, 0.4) is 0 Å². The summed E-state index contributed by atoms with van der Waals surface area (Å²) in [6.07, 6.45) is 2.91. The van der Waals surface area contributed by atoms with Crippen molar-refractivity contribution in [2.24, 2.45) is 5.73 Å². The summed E-state index contributed by atoms with van der Waals surface area (Å²) in [7, 11) is -3.67. The average molecular weight is 282 g/mol. The Labute approximate surface area is 110 Å². The lowest BCUT2D eigenvalue weighted by molar-refractivity contribution is 0.578. The minimum Gasteiger partial charge on any atom is -0.325 e. The van der Waals surface area contributed by atoms with Gasteiger partial charge in [-0.2, -0.15) is 5.10 Å². The molecule has 0 fully saturated rings. The van der Waals surface area contributed by atoms with Gasteiger partial charge < -0.3 is 5.73 Å². The summed E-state index contributed by atoms with van der Waals surface area (Å²) in [6.45, 7) is 1.76. The third kappa shape index (κ3) is 2.95. The van der Waals surface area contributed by atoms with Gasteiger partial charge in [-0.3, -0.25) is 5.10 Å². The number of aromatic amines is 1. The normalized spacial score (nSPS) is 11.7. The zero-order valence-corrected chi connectivity index (χ0v) is 11.1. The Balaban J connectivity index is 2.21. The van der Waals surface area contributed by atoms with Crippen molar-refractivity contribution in [3.05, 3.63) is 35.7 Å². The molecular formula is C10H14N6O2S. The average Bonchev–Trinajstić information content (AvgIpc) is 2.80. The first kappa shape index (κ1) is 13.6. The number of rotatable bonds is 5. The SMILES string of the molecule is Cc1[nH]nc(CN)c1S(=O)(=O)NCc1ccncn1. The van der Waals surface area contributed by atoms with E-state index in [1.165, 1.54) is 6.33 Å². The van der Waals surface area contributed by atoms with E-state index in [1.807, 2.05) is 0 Å². The molecule has 0 aromatic carbocycles. The second-order valence-corrected chi connectivity index (χ2v) is 5.56. The summed E-state index contributed by atoms with van der Waals surface area (Å²) < 4.78 is 26.9. The van der Waals surface area contributed by atoms with Crippen LogP contribution in [-0.2, 0) is 23.1 Å². The first-order valence-corrected chi connectivity index (χ1v) is 7.01. The number of aromatic nitrogens is 4. The van der Waals surface area contributed by atoms with Crippen molar-refractivity contribution in [1.82, 2.24) is 24.9 Å². The van der Waals surface area contributed by atoms with Gasteiger partial charge in [0.2, 0.25) is 10.0 Å². The third-order valence-electron chi connectivity index (χ3n) is 2.51. The van der Waals surface area contributed by atoms with Crippen LogP contribution in [0.1, 0.15) is 17.1 Å². The Kier molecular flexibility index (Phi) is 3.88. The zero-order valence-electron chi connectivity index (χ0n) is 10.3. The molecule has 19 heavy (non-hydrogen) atoms. The molecule has 0 amide bonds. The van der Waals surface area contributed by atoms with Crippen LogP contribution in [0.4, 0.5) is 0 Å². The van der Waals surface area contributed by atoms with Gasteiger partial charge >= 0.3 is 0 Å². The fraction of sp³-hybridized carbons (Fsp3) is 0.300.